The van der Waals surface area contributed by atoms with Gasteiger partial charge in [-0.25, -0.2) is 0 Å². The molecule has 21 heavy (non-hydrogen) atoms. The topological polar surface area (TPSA) is 138 Å². The van der Waals surface area contributed by atoms with Crippen LogP contribution in [0, 0.1) is 0 Å². The van der Waals surface area contributed by atoms with E-state index in [-0.39, 0.29) is 11.3 Å². The minimum Gasteiger partial charge on any atom is -0.508 e. The molecule has 7 nitrogen and oxygen atoms in total. The van der Waals surface area contributed by atoms with Gasteiger partial charge in [0.1, 0.15) is 27.9 Å². The number of carbonyl (C=O) groups excluding carboxylic acids is 1. The summed E-state index contributed by atoms with van der Waals surface area (Å²) in [7, 11) is 0. The average molecular weight is 315 g/mol. The predicted octanol–water partition coefficient (Wildman–Crippen LogP) is 0.451. The quantitative estimate of drug-likeness (QED) is 0.344. The summed E-state index contributed by atoms with van der Waals surface area (Å²) in [5.41, 5.74) is -0.889. The van der Waals surface area contributed by atoms with Crippen molar-refractivity contribution in [3.63, 3.8) is 0 Å². The van der Waals surface area contributed by atoms with E-state index in [1.807, 2.05) is 0 Å². The van der Waals surface area contributed by atoms with Gasteiger partial charge in [0.15, 0.2) is 11.9 Å². The first kappa shape index (κ1) is 15.3. The molecule has 0 amide bonds. The highest BCUT2D eigenvalue weighted by Gasteiger charge is 2.48. The van der Waals surface area contributed by atoms with Crippen molar-refractivity contribution >= 4 is 17.4 Å². The fraction of sp³-hybridized carbons (Fsp3) is 0.154. The second-order valence-corrected chi connectivity index (χ2v) is 4.81. The van der Waals surface area contributed by atoms with Crippen molar-refractivity contribution in [3.05, 3.63) is 52.0 Å². The Kier molecular flexibility index (Phi) is 3.68. The first-order valence-corrected chi connectivity index (χ1v) is 6.05. The maximum atomic E-state index is 12.2. The number of ketones is 1. The number of rotatable bonds is 2. The summed E-state index contributed by atoms with van der Waals surface area (Å²) in [5, 5.41) is 56.4. The molecular weight excluding hydrogens is 304 g/mol. The first-order valence-electron chi connectivity index (χ1n) is 5.67. The molecule has 1 aromatic carbocycles. The maximum absolute atomic E-state index is 12.2. The molecule has 1 unspecified atom stereocenters. The normalized spacial score (nSPS) is 21.6. The van der Waals surface area contributed by atoms with E-state index in [0.29, 0.717) is 0 Å². The van der Waals surface area contributed by atoms with Gasteiger partial charge in [0.25, 0.3) is 0 Å². The van der Waals surface area contributed by atoms with Crippen molar-refractivity contribution in [2.75, 3.05) is 0 Å². The van der Waals surface area contributed by atoms with Crippen LogP contribution in [0.3, 0.4) is 0 Å². The number of aromatic hydroxyl groups is 1. The minimum atomic E-state index is -3.11. The molecule has 2 rings (SSSR count). The number of halogens is 1. The molecule has 0 aliphatic heterocycles. The highest BCUT2D eigenvalue weighted by atomic mass is 35.5. The number of phenolic OH excluding ortho intramolecular Hbond substituents is 1. The summed E-state index contributed by atoms with van der Waals surface area (Å²) in [5.74, 6) is -6.52. The summed E-state index contributed by atoms with van der Waals surface area (Å²) in [4.78, 5) is 12.2. The third-order valence-corrected chi connectivity index (χ3v) is 3.46. The molecule has 8 heteroatoms. The predicted molar refractivity (Wildman–Crippen MR) is 70.8 cm³/mol. The van der Waals surface area contributed by atoms with E-state index >= 15 is 0 Å². The number of Topliss-reactive ketones (excluding diaryl/α,β-unsaturated/α-hetero) is 1. The van der Waals surface area contributed by atoms with Gasteiger partial charge in [-0.15, -0.1) is 0 Å². The van der Waals surface area contributed by atoms with Crippen LogP contribution in [0.1, 0.15) is 10.4 Å². The molecular formula is C13H11ClO7. The fourth-order valence-corrected chi connectivity index (χ4v) is 2.07. The lowest BCUT2D eigenvalue weighted by molar-refractivity contribution is -0.191. The second-order valence-electron chi connectivity index (χ2n) is 4.43. The Bertz CT molecular complexity index is 675. The van der Waals surface area contributed by atoms with Gasteiger partial charge in [-0.1, -0.05) is 23.7 Å². The smallest absolute Gasteiger partial charge is 0.239 e. The van der Waals surface area contributed by atoms with E-state index in [0.717, 1.165) is 6.07 Å². The zero-order chi connectivity index (χ0) is 15.9. The molecule has 0 saturated heterocycles. The molecule has 0 radical (unpaired) electrons. The van der Waals surface area contributed by atoms with Crippen LogP contribution in [0.5, 0.6) is 5.75 Å². The Morgan fingerprint density at radius 1 is 1.19 bits per heavy atom. The number of carbonyl (C=O) groups is 1. The highest BCUT2D eigenvalue weighted by Crippen LogP contribution is 2.37. The van der Waals surface area contributed by atoms with Gasteiger partial charge in [-0.3, -0.25) is 4.79 Å². The van der Waals surface area contributed by atoms with E-state index in [1.54, 1.807) is 0 Å². The van der Waals surface area contributed by atoms with Crippen molar-refractivity contribution < 1.29 is 35.4 Å². The molecule has 0 spiro atoms. The van der Waals surface area contributed by atoms with E-state index in [2.05, 4.69) is 0 Å². The Hall–Kier alpha value is -2.06. The summed E-state index contributed by atoms with van der Waals surface area (Å²) < 4.78 is 0. The number of aliphatic hydroxyl groups excluding tert-OH is 3. The van der Waals surface area contributed by atoms with Crippen molar-refractivity contribution in [1.29, 1.82) is 0 Å². The Labute approximate surface area is 123 Å². The molecule has 0 aromatic heterocycles. The van der Waals surface area contributed by atoms with Gasteiger partial charge in [-0.2, -0.15) is 0 Å². The summed E-state index contributed by atoms with van der Waals surface area (Å²) >= 11 is 5.50. The van der Waals surface area contributed by atoms with E-state index in [9.17, 15) is 35.4 Å². The number of hydrogen-bond acceptors (Lipinski definition) is 7. The number of phenols is 1. The van der Waals surface area contributed by atoms with Crippen LogP contribution in [0.2, 0.25) is 0 Å². The number of hydrogen-bond donors (Lipinski definition) is 6. The lowest BCUT2D eigenvalue weighted by atomic mass is 9.90. The zero-order valence-electron chi connectivity index (χ0n) is 10.4. The molecule has 6 N–H and O–H groups in total. The molecule has 1 aliphatic rings. The standard InChI is InChI=1S/C13H11ClO7/c14-11-9(17)7(10(18)12(19)13(11,20)21)8(16)5-2-1-3-6(15)4-5/h1-4,12,15,17-21H. The average Bonchev–Trinajstić information content (AvgIpc) is 2.44. The second kappa shape index (κ2) is 5.05. The summed E-state index contributed by atoms with van der Waals surface area (Å²) in [6.45, 7) is 0. The molecule has 0 bridgehead atoms. The molecule has 0 saturated carbocycles. The summed E-state index contributed by atoms with van der Waals surface area (Å²) in [6, 6.07) is 5.01. The van der Waals surface area contributed by atoms with Crippen LogP contribution in [-0.4, -0.2) is 48.3 Å². The highest BCUT2D eigenvalue weighted by molar-refractivity contribution is 6.32. The molecule has 0 heterocycles. The van der Waals surface area contributed by atoms with Crippen LogP contribution >= 0.6 is 11.6 Å². The molecule has 1 atom stereocenters. The Morgan fingerprint density at radius 2 is 1.81 bits per heavy atom. The number of aliphatic hydroxyl groups is 5. The first-order chi connectivity index (χ1) is 9.67. The van der Waals surface area contributed by atoms with Crippen molar-refractivity contribution in [1.82, 2.24) is 0 Å². The Balaban J connectivity index is 2.58. The van der Waals surface area contributed by atoms with Crippen molar-refractivity contribution in [2.45, 2.75) is 11.9 Å². The van der Waals surface area contributed by atoms with Crippen molar-refractivity contribution in [3.8, 4) is 5.75 Å². The fourth-order valence-electron chi connectivity index (χ4n) is 1.87. The lowest BCUT2D eigenvalue weighted by Gasteiger charge is -2.31. The van der Waals surface area contributed by atoms with Crippen LogP contribution in [0.15, 0.2) is 46.4 Å². The zero-order valence-corrected chi connectivity index (χ0v) is 11.1. The maximum Gasteiger partial charge on any atom is 0.239 e. The molecule has 1 aromatic rings. The van der Waals surface area contributed by atoms with Gasteiger partial charge >= 0.3 is 0 Å². The Morgan fingerprint density at radius 3 is 2.38 bits per heavy atom. The molecule has 1 aliphatic carbocycles. The van der Waals surface area contributed by atoms with Crippen LogP contribution in [0.4, 0.5) is 0 Å². The number of benzene rings is 1. The van der Waals surface area contributed by atoms with Crippen molar-refractivity contribution in [2.24, 2.45) is 0 Å². The third kappa shape index (κ3) is 2.36. The van der Waals surface area contributed by atoms with E-state index in [1.165, 1.54) is 18.2 Å². The van der Waals surface area contributed by atoms with Gasteiger partial charge < -0.3 is 30.6 Å². The minimum absolute atomic E-state index is 0.108. The van der Waals surface area contributed by atoms with Gasteiger partial charge in [0.05, 0.1) is 0 Å². The van der Waals surface area contributed by atoms with Crippen LogP contribution in [0.25, 0.3) is 0 Å². The molecule has 0 fully saturated rings. The van der Waals surface area contributed by atoms with Gasteiger partial charge in [0, 0.05) is 5.56 Å². The number of allylic oxidation sites excluding steroid dienone is 1. The van der Waals surface area contributed by atoms with Crippen LogP contribution < -0.4 is 0 Å². The van der Waals surface area contributed by atoms with E-state index < -0.39 is 39.8 Å². The van der Waals surface area contributed by atoms with Gasteiger partial charge in [0.2, 0.25) is 5.79 Å². The van der Waals surface area contributed by atoms with E-state index in [4.69, 9.17) is 11.6 Å². The monoisotopic (exact) mass is 314 g/mol. The third-order valence-electron chi connectivity index (χ3n) is 3.00. The lowest BCUT2D eigenvalue weighted by Crippen LogP contribution is -2.47. The largest absolute Gasteiger partial charge is 0.508 e. The SMILES string of the molecule is O=C(C1=C(O)C(O)C(O)(O)C(Cl)=C1O)c1cccc(O)c1. The summed E-state index contributed by atoms with van der Waals surface area (Å²) in [6.07, 6.45) is -2.31. The van der Waals surface area contributed by atoms with Crippen LogP contribution in [-0.2, 0) is 0 Å². The molecule has 112 valence electrons. The van der Waals surface area contributed by atoms with Gasteiger partial charge in [-0.05, 0) is 12.1 Å².